The van der Waals surface area contributed by atoms with E-state index in [2.05, 4.69) is 5.32 Å². The molecule has 2 N–H and O–H groups in total. The Hall–Kier alpha value is -2.37. The van der Waals surface area contributed by atoms with Crippen molar-refractivity contribution in [1.29, 1.82) is 0 Å². The van der Waals surface area contributed by atoms with E-state index in [1.807, 2.05) is 13.8 Å². The maximum absolute atomic E-state index is 12.5. The van der Waals surface area contributed by atoms with Crippen molar-refractivity contribution in [2.24, 2.45) is 0 Å². The fraction of sp³-hybridized carbons (Fsp3) is 0.471. The number of nitrogens with one attached hydrogen (secondary N) is 1. The molecule has 23 heavy (non-hydrogen) atoms. The van der Waals surface area contributed by atoms with Gasteiger partial charge >= 0.3 is 5.97 Å². The van der Waals surface area contributed by atoms with E-state index < -0.39 is 11.5 Å². The van der Waals surface area contributed by atoms with Crippen LogP contribution in [0.2, 0.25) is 0 Å². The number of carboxylic acid groups (broad SMARTS) is 1. The van der Waals surface area contributed by atoms with Gasteiger partial charge in [-0.2, -0.15) is 0 Å². The number of hydrogen-bond donors (Lipinski definition) is 2. The molecule has 0 saturated carbocycles. The molecule has 1 aromatic carbocycles. The first-order valence-electron chi connectivity index (χ1n) is 7.60. The van der Waals surface area contributed by atoms with Gasteiger partial charge in [0.25, 0.3) is 11.8 Å². The highest BCUT2D eigenvalue weighted by Crippen LogP contribution is 2.21. The van der Waals surface area contributed by atoms with Crippen LogP contribution in [0.4, 0.5) is 0 Å². The van der Waals surface area contributed by atoms with Crippen molar-refractivity contribution in [3.8, 4) is 0 Å². The zero-order valence-corrected chi connectivity index (χ0v) is 14.0. The molecule has 0 unspecified atom stereocenters. The normalized spacial score (nSPS) is 11.0. The molecule has 1 aromatic rings. The molecule has 2 amide bonds. The Morgan fingerprint density at radius 2 is 1.70 bits per heavy atom. The van der Waals surface area contributed by atoms with Crippen LogP contribution in [0.15, 0.2) is 24.3 Å². The number of carboxylic acids is 1. The highest BCUT2D eigenvalue weighted by molar-refractivity contribution is 5.99. The van der Waals surface area contributed by atoms with Gasteiger partial charge in [-0.25, -0.2) is 0 Å². The maximum atomic E-state index is 12.5. The Morgan fingerprint density at radius 3 is 2.17 bits per heavy atom. The third-order valence-electron chi connectivity index (χ3n) is 4.00. The molecule has 0 bridgehead atoms. The summed E-state index contributed by atoms with van der Waals surface area (Å²) in [5.74, 6) is -1.52. The fourth-order valence-electron chi connectivity index (χ4n) is 2.38. The molecule has 0 aromatic heterocycles. The van der Waals surface area contributed by atoms with Crippen molar-refractivity contribution < 1.29 is 19.5 Å². The van der Waals surface area contributed by atoms with Gasteiger partial charge < -0.3 is 15.3 Å². The second kappa shape index (κ2) is 7.76. The molecule has 0 aliphatic rings. The van der Waals surface area contributed by atoms with Crippen LogP contribution >= 0.6 is 0 Å². The summed E-state index contributed by atoms with van der Waals surface area (Å²) in [7, 11) is 3.28. The van der Waals surface area contributed by atoms with Crippen LogP contribution in [-0.4, -0.2) is 47.4 Å². The lowest BCUT2D eigenvalue weighted by atomic mass is 9.88. The number of carbonyl (C=O) groups excluding carboxylic acids is 2. The van der Waals surface area contributed by atoms with Gasteiger partial charge in [-0.3, -0.25) is 14.4 Å². The highest BCUT2D eigenvalue weighted by Gasteiger charge is 2.31. The van der Waals surface area contributed by atoms with Crippen molar-refractivity contribution in [1.82, 2.24) is 10.2 Å². The number of aliphatic carboxylic acids is 1. The summed E-state index contributed by atoms with van der Waals surface area (Å²) in [5.41, 5.74) is -0.0290. The Morgan fingerprint density at radius 1 is 1.13 bits per heavy atom. The second-order valence-electron chi connectivity index (χ2n) is 5.79. The molecule has 0 fully saturated rings. The molecule has 6 heteroatoms. The minimum absolute atomic E-state index is 0.137. The van der Waals surface area contributed by atoms with E-state index in [1.165, 1.54) is 11.0 Å². The van der Waals surface area contributed by atoms with Crippen molar-refractivity contribution in [3.05, 3.63) is 35.4 Å². The zero-order valence-electron chi connectivity index (χ0n) is 14.0. The molecular formula is C17H24N2O4. The topological polar surface area (TPSA) is 86.7 Å². The average molecular weight is 320 g/mol. The first-order chi connectivity index (χ1) is 10.7. The van der Waals surface area contributed by atoms with Gasteiger partial charge in [0.2, 0.25) is 0 Å². The van der Waals surface area contributed by atoms with E-state index in [0.29, 0.717) is 24.0 Å². The van der Waals surface area contributed by atoms with Gasteiger partial charge in [0.1, 0.15) is 0 Å². The number of carbonyl (C=O) groups is 3. The molecule has 1 rings (SSSR count). The van der Waals surface area contributed by atoms with Crippen LogP contribution in [0.1, 0.15) is 53.8 Å². The third kappa shape index (κ3) is 4.81. The van der Waals surface area contributed by atoms with E-state index in [0.717, 1.165) is 0 Å². The molecule has 126 valence electrons. The molecule has 0 saturated heterocycles. The lowest BCUT2D eigenvalue weighted by Gasteiger charge is -2.31. The molecule has 0 aliphatic carbocycles. The first kappa shape index (κ1) is 18.7. The summed E-state index contributed by atoms with van der Waals surface area (Å²) >= 11 is 0. The first-order valence-corrected chi connectivity index (χ1v) is 7.60. The largest absolute Gasteiger partial charge is 0.481 e. The van der Waals surface area contributed by atoms with E-state index in [4.69, 9.17) is 5.11 Å². The summed E-state index contributed by atoms with van der Waals surface area (Å²) in [6.45, 7) is 3.69. The van der Waals surface area contributed by atoms with Crippen molar-refractivity contribution in [3.63, 3.8) is 0 Å². The SMILES string of the molecule is CCC(CC)(CC(=O)O)NC(=O)c1cccc(C(=O)N(C)C)c1. The molecule has 0 heterocycles. The Labute approximate surface area is 136 Å². The Kier molecular flexibility index (Phi) is 6.30. The van der Waals surface area contributed by atoms with Gasteiger partial charge in [-0.1, -0.05) is 19.9 Å². The molecule has 0 aliphatic heterocycles. The standard InChI is InChI=1S/C17H24N2O4/c1-5-17(6-2,11-14(20)21)18-15(22)12-8-7-9-13(10-12)16(23)19(3)4/h7-10H,5-6,11H2,1-4H3,(H,18,22)(H,20,21). The van der Waals surface area contributed by atoms with E-state index in [1.54, 1.807) is 32.3 Å². The molecular weight excluding hydrogens is 296 g/mol. The maximum Gasteiger partial charge on any atom is 0.305 e. The van der Waals surface area contributed by atoms with Gasteiger partial charge in [0.05, 0.1) is 12.0 Å². The average Bonchev–Trinajstić information content (AvgIpc) is 2.52. The van der Waals surface area contributed by atoms with Gasteiger partial charge in [-0.15, -0.1) is 0 Å². The third-order valence-corrected chi connectivity index (χ3v) is 4.00. The highest BCUT2D eigenvalue weighted by atomic mass is 16.4. The van der Waals surface area contributed by atoms with Gasteiger partial charge in [0, 0.05) is 25.2 Å². The van der Waals surface area contributed by atoms with Crippen LogP contribution in [0.5, 0.6) is 0 Å². The number of benzene rings is 1. The molecule has 0 atom stereocenters. The van der Waals surface area contributed by atoms with Gasteiger partial charge in [0.15, 0.2) is 0 Å². The predicted octanol–water partition coefficient (Wildman–Crippen LogP) is 2.15. The summed E-state index contributed by atoms with van der Waals surface area (Å²) in [4.78, 5) is 37.0. The van der Waals surface area contributed by atoms with E-state index in [9.17, 15) is 14.4 Å². The van der Waals surface area contributed by atoms with Crippen LogP contribution in [-0.2, 0) is 4.79 Å². The van der Waals surface area contributed by atoms with Gasteiger partial charge in [-0.05, 0) is 31.0 Å². The van der Waals surface area contributed by atoms with Crippen LogP contribution in [0, 0.1) is 0 Å². The summed E-state index contributed by atoms with van der Waals surface area (Å²) in [6.07, 6.45) is 0.887. The van der Waals surface area contributed by atoms with E-state index >= 15 is 0 Å². The number of hydrogen-bond acceptors (Lipinski definition) is 3. The smallest absolute Gasteiger partial charge is 0.305 e. The minimum Gasteiger partial charge on any atom is -0.481 e. The summed E-state index contributed by atoms with van der Waals surface area (Å²) in [6, 6.07) is 6.42. The monoisotopic (exact) mass is 320 g/mol. The lowest BCUT2D eigenvalue weighted by Crippen LogP contribution is -2.49. The predicted molar refractivity (Wildman–Crippen MR) is 87.5 cm³/mol. The lowest BCUT2D eigenvalue weighted by molar-refractivity contribution is -0.138. The molecule has 6 nitrogen and oxygen atoms in total. The fourth-order valence-corrected chi connectivity index (χ4v) is 2.38. The minimum atomic E-state index is -0.953. The number of nitrogens with zero attached hydrogens (tertiary/aromatic N) is 1. The van der Waals surface area contributed by atoms with E-state index in [-0.39, 0.29) is 18.2 Å². The van der Waals surface area contributed by atoms with Crippen molar-refractivity contribution >= 4 is 17.8 Å². The number of amides is 2. The Bertz CT molecular complexity index is 592. The van der Waals surface area contributed by atoms with Crippen LogP contribution in [0.25, 0.3) is 0 Å². The van der Waals surface area contributed by atoms with Crippen molar-refractivity contribution in [2.45, 2.75) is 38.6 Å². The second-order valence-corrected chi connectivity index (χ2v) is 5.79. The zero-order chi connectivity index (χ0) is 17.6. The van der Waals surface area contributed by atoms with Crippen LogP contribution < -0.4 is 5.32 Å². The summed E-state index contributed by atoms with van der Waals surface area (Å²) < 4.78 is 0. The number of rotatable bonds is 7. The quantitative estimate of drug-likeness (QED) is 0.806. The van der Waals surface area contributed by atoms with Crippen molar-refractivity contribution in [2.75, 3.05) is 14.1 Å². The van der Waals surface area contributed by atoms with Crippen LogP contribution in [0.3, 0.4) is 0 Å². The molecule has 0 spiro atoms. The Balaban J connectivity index is 3.02. The summed E-state index contributed by atoms with van der Waals surface area (Å²) in [5, 5.41) is 11.9. The molecule has 0 radical (unpaired) electrons.